The second-order valence-electron chi connectivity index (χ2n) is 4.51. The molecule has 0 saturated carbocycles. The van der Waals surface area contributed by atoms with Crippen LogP contribution in [0.15, 0.2) is 40.9 Å². The van der Waals surface area contributed by atoms with Crippen molar-refractivity contribution in [1.29, 1.82) is 0 Å². The van der Waals surface area contributed by atoms with Crippen LogP contribution < -0.4 is 10.1 Å². The van der Waals surface area contributed by atoms with E-state index in [2.05, 4.69) is 15.3 Å². The number of nitrogens with one attached hydrogen (secondary N) is 1. The number of anilines is 1. The molecule has 0 aliphatic rings. The SMILES string of the molecule is COc1ccc2nc(NCc3ccnc(C)c3)oc2c1. The van der Waals surface area contributed by atoms with Crippen LogP contribution in [0, 0.1) is 6.92 Å². The van der Waals surface area contributed by atoms with Crippen LogP contribution in [0.2, 0.25) is 0 Å². The lowest BCUT2D eigenvalue weighted by molar-refractivity contribution is 0.414. The Balaban J connectivity index is 1.77. The van der Waals surface area contributed by atoms with Gasteiger partial charge < -0.3 is 14.5 Å². The molecule has 0 amide bonds. The zero-order valence-corrected chi connectivity index (χ0v) is 11.4. The van der Waals surface area contributed by atoms with Crippen LogP contribution in [0.4, 0.5) is 6.01 Å². The van der Waals surface area contributed by atoms with Crippen LogP contribution in [0.25, 0.3) is 11.1 Å². The van der Waals surface area contributed by atoms with Gasteiger partial charge in [-0.3, -0.25) is 4.98 Å². The minimum Gasteiger partial charge on any atom is -0.497 e. The van der Waals surface area contributed by atoms with Crippen LogP contribution in [-0.2, 0) is 6.54 Å². The van der Waals surface area contributed by atoms with Gasteiger partial charge in [-0.2, -0.15) is 4.98 Å². The first-order valence-electron chi connectivity index (χ1n) is 6.34. The average molecular weight is 269 g/mol. The number of rotatable bonds is 4. The van der Waals surface area contributed by atoms with Crippen LogP contribution in [-0.4, -0.2) is 17.1 Å². The Labute approximate surface area is 116 Å². The minimum absolute atomic E-state index is 0.503. The number of oxazole rings is 1. The lowest BCUT2D eigenvalue weighted by Gasteiger charge is -2.02. The van der Waals surface area contributed by atoms with E-state index in [1.165, 1.54) is 0 Å². The number of aromatic nitrogens is 2. The summed E-state index contributed by atoms with van der Waals surface area (Å²) < 4.78 is 10.8. The maximum atomic E-state index is 5.64. The summed E-state index contributed by atoms with van der Waals surface area (Å²) in [5.74, 6) is 0.755. The summed E-state index contributed by atoms with van der Waals surface area (Å²) in [5.41, 5.74) is 3.64. The standard InChI is InChI=1S/C15H15N3O2/c1-10-7-11(5-6-16-10)9-17-15-18-13-4-3-12(19-2)8-14(13)20-15/h3-8H,9H2,1-2H3,(H,17,18). The summed E-state index contributed by atoms with van der Waals surface area (Å²) in [6, 6.07) is 10.1. The fraction of sp³-hybridized carbons (Fsp3) is 0.200. The van der Waals surface area contributed by atoms with Gasteiger partial charge in [0, 0.05) is 24.5 Å². The molecule has 0 unspecified atom stereocenters. The molecule has 0 aliphatic carbocycles. The molecule has 2 heterocycles. The molecule has 2 aromatic heterocycles. The third kappa shape index (κ3) is 2.56. The summed E-state index contributed by atoms with van der Waals surface area (Å²) in [5, 5.41) is 3.17. The second kappa shape index (κ2) is 5.21. The fourth-order valence-electron chi connectivity index (χ4n) is 2.00. The van der Waals surface area contributed by atoms with Gasteiger partial charge in [0.25, 0.3) is 6.01 Å². The quantitative estimate of drug-likeness (QED) is 0.788. The Bertz CT molecular complexity index is 737. The fourth-order valence-corrected chi connectivity index (χ4v) is 2.00. The van der Waals surface area contributed by atoms with Crippen molar-refractivity contribution in [1.82, 2.24) is 9.97 Å². The monoisotopic (exact) mass is 269 g/mol. The highest BCUT2D eigenvalue weighted by Crippen LogP contribution is 2.23. The zero-order chi connectivity index (χ0) is 13.9. The number of methoxy groups -OCH3 is 1. The number of hydrogen-bond acceptors (Lipinski definition) is 5. The molecule has 0 fully saturated rings. The molecule has 0 bridgehead atoms. The van der Waals surface area contributed by atoms with E-state index in [1.54, 1.807) is 13.3 Å². The molecule has 20 heavy (non-hydrogen) atoms. The van der Waals surface area contributed by atoms with Gasteiger partial charge in [0.15, 0.2) is 5.58 Å². The van der Waals surface area contributed by atoms with Crippen molar-refractivity contribution in [2.75, 3.05) is 12.4 Å². The molecule has 102 valence electrons. The molecule has 0 spiro atoms. The van der Waals surface area contributed by atoms with Gasteiger partial charge in [-0.15, -0.1) is 0 Å². The normalized spacial score (nSPS) is 10.7. The summed E-state index contributed by atoms with van der Waals surface area (Å²) in [6.07, 6.45) is 1.79. The summed E-state index contributed by atoms with van der Waals surface area (Å²) in [7, 11) is 1.63. The number of pyridine rings is 1. The van der Waals surface area contributed by atoms with E-state index in [0.717, 1.165) is 22.5 Å². The van der Waals surface area contributed by atoms with Crippen molar-refractivity contribution in [2.45, 2.75) is 13.5 Å². The molecule has 1 aromatic carbocycles. The van der Waals surface area contributed by atoms with E-state index >= 15 is 0 Å². The molecule has 3 aromatic rings. The molecule has 5 nitrogen and oxygen atoms in total. The molecule has 0 radical (unpaired) electrons. The second-order valence-corrected chi connectivity index (χ2v) is 4.51. The van der Waals surface area contributed by atoms with Crippen LogP contribution in [0.3, 0.4) is 0 Å². The highest BCUT2D eigenvalue weighted by Gasteiger charge is 2.06. The largest absolute Gasteiger partial charge is 0.497 e. The number of ether oxygens (including phenoxy) is 1. The Morgan fingerprint density at radius 3 is 2.95 bits per heavy atom. The highest BCUT2D eigenvalue weighted by molar-refractivity contribution is 5.76. The lowest BCUT2D eigenvalue weighted by atomic mass is 10.2. The maximum Gasteiger partial charge on any atom is 0.295 e. The molecule has 5 heteroatoms. The number of fused-ring (bicyclic) bond motifs is 1. The summed E-state index contributed by atoms with van der Waals surface area (Å²) in [4.78, 5) is 8.54. The Morgan fingerprint density at radius 1 is 1.25 bits per heavy atom. The zero-order valence-electron chi connectivity index (χ0n) is 11.4. The van der Waals surface area contributed by atoms with Gasteiger partial charge in [0.05, 0.1) is 7.11 Å². The van der Waals surface area contributed by atoms with E-state index in [0.29, 0.717) is 18.1 Å². The number of aryl methyl sites for hydroxylation is 1. The number of benzene rings is 1. The highest BCUT2D eigenvalue weighted by atomic mass is 16.5. The van der Waals surface area contributed by atoms with Gasteiger partial charge in [-0.05, 0) is 36.8 Å². The molecule has 1 N–H and O–H groups in total. The first-order chi connectivity index (χ1) is 9.74. The van der Waals surface area contributed by atoms with Gasteiger partial charge in [-0.1, -0.05) is 0 Å². The van der Waals surface area contributed by atoms with Crippen molar-refractivity contribution in [3.8, 4) is 5.75 Å². The van der Waals surface area contributed by atoms with E-state index in [1.807, 2.05) is 37.3 Å². The van der Waals surface area contributed by atoms with Crippen molar-refractivity contribution in [3.05, 3.63) is 47.8 Å². The van der Waals surface area contributed by atoms with E-state index < -0.39 is 0 Å². The van der Waals surface area contributed by atoms with Gasteiger partial charge in [0.2, 0.25) is 0 Å². The maximum absolute atomic E-state index is 5.64. The van der Waals surface area contributed by atoms with Crippen LogP contribution >= 0.6 is 0 Å². The molecule has 0 aliphatic heterocycles. The Morgan fingerprint density at radius 2 is 2.15 bits per heavy atom. The predicted molar refractivity (Wildman–Crippen MR) is 76.9 cm³/mol. The molecular weight excluding hydrogens is 254 g/mol. The van der Waals surface area contributed by atoms with Crippen LogP contribution in [0.5, 0.6) is 5.75 Å². The van der Waals surface area contributed by atoms with E-state index in [9.17, 15) is 0 Å². The van der Waals surface area contributed by atoms with Crippen molar-refractivity contribution in [2.24, 2.45) is 0 Å². The molecular formula is C15H15N3O2. The van der Waals surface area contributed by atoms with Crippen molar-refractivity contribution in [3.63, 3.8) is 0 Å². The Kier molecular flexibility index (Phi) is 3.25. The van der Waals surface area contributed by atoms with Gasteiger partial charge in [0.1, 0.15) is 11.3 Å². The molecule has 0 atom stereocenters. The number of nitrogens with zero attached hydrogens (tertiary/aromatic N) is 2. The molecule has 0 saturated heterocycles. The third-order valence-corrected chi connectivity index (χ3v) is 3.00. The van der Waals surface area contributed by atoms with Gasteiger partial charge in [-0.25, -0.2) is 0 Å². The van der Waals surface area contributed by atoms with Gasteiger partial charge >= 0.3 is 0 Å². The first kappa shape index (κ1) is 12.5. The molecule has 3 rings (SSSR count). The topological polar surface area (TPSA) is 60.2 Å². The smallest absolute Gasteiger partial charge is 0.295 e. The average Bonchev–Trinajstić information content (AvgIpc) is 2.87. The summed E-state index contributed by atoms with van der Waals surface area (Å²) >= 11 is 0. The summed E-state index contributed by atoms with van der Waals surface area (Å²) in [6.45, 7) is 2.61. The van der Waals surface area contributed by atoms with Crippen molar-refractivity contribution < 1.29 is 9.15 Å². The Hall–Kier alpha value is -2.56. The van der Waals surface area contributed by atoms with E-state index in [-0.39, 0.29) is 0 Å². The first-order valence-corrected chi connectivity index (χ1v) is 6.34. The van der Waals surface area contributed by atoms with Crippen molar-refractivity contribution >= 4 is 17.1 Å². The predicted octanol–water partition coefficient (Wildman–Crippen LogP) is 3.15. The lowest BCUT2D eigenvalue weighted by Crippen LogP contribution is -2.00. The number of hydrogen-bond donors (Lipinski definition) is 1. The van der Waals surface area contributed by atoms with Crippen LogP contribution in [0.1, 0.15) is 11.3 Å². The van der Waals surface area contributed by atoms with E-state index in [4.69, 9.17) is 9.15 Å². The third-order valence-electron chi connectivity index (χ3n) is 3.00. The minimum atomic E-state index is 0.503.